The molecule has 0 aliphatic heterocycles. The molecule has 2 amide bonds. The van der Waals surface area contributed by atoms with Crippen molar-refractivity contribution in [1.82, 2.24) is 5.32 Å². The molecule has 18 heavy (non-hydrogen) atoms. The fourth-order valence-electron chi connectivity index (χ4n) is 1.15. The van der Waals surface area contributed by atoms with Crippen LogP contribution in [0.2, 0.25) is 0 Å². The molecular formula is C11H10ClFN2O3. The third-order valence-electron chi connectivity index (χ3n) is 1.90. The predicted molar refractivity (Wildman–Crippen MR) is 65.4 cm³/mol. The van der Waals surface area contributed by atoms with Crippen LogP contribution >= 0.6 is 11.6 Å². The monoisotopic (exact) mass is 272 g/mol. The molecule has 0 heterocycles. The average Bonchev–Trinajstić information content (AvgIpc) is 2.26. The molecule has 0 aromatic heterocycles. The molecule has 0 saturated carbocycles. The van der Waals surface area contributed by atoms with E-state index in [-0.39, 0.29) is 22.8 Å². The first kappa shape index (κ1) is 14.0. The van der Waals surface area contributed by atoms with E-state index >= 15 is 0 Å². The van der Waals surface area contributed by atoms with Crippen LogP contribution in [0.15, 0.2) is 29.8 Å². The fourth-order valence-corrected chi connectivity index (χ4v) is 1.22. The summed E-state index contributed by atoms with van der Waals surface area (Å²) in [5, 5.41) is 13.6. The number of hydrogen-bond acceptors (Lipinski definition) is 2. The highest BCUT2D eigenvalue weighted by Gasteiger charge is 2.13. The molecule has 1 aromatic carbocycles. The first-order valence-corrected chi connectivity index (χ1v) is 5.19. The van der Waals surface area contributed by atoms with Gasteiger partial charge in [0.2, 0.25) is 0 Å². The number of anilines is 1. The SMILES string of the molecule is C=C(Cl)CNC(=O)Nc1cc(F)ccc1C(=O)O. The van der Waals surface area contributed by atoms with Crippen molar-refractivity contribution in [2.45, 2.75) is 0 Å². The normalized spacial score (nSPS) is 9.67. The van der Waals surface area contributed by atoms with Gasteiger partial charge in [-0.05, 0) is 18.2 Å². The average molecular weight is 273 g/mol. The Balaban J connectivity index is 2.82. The van der Waals surface area contributed by atoms with E-state index in [0.717, 1.165) is 18.2 Å². The van der Waals surface area contributed by atoms with Gasteiger partial charge in [-0.25, -0.2) is 14.0 Å². The van der Waals surface area contributed by atoms with Gasteiger partial charge < -0.3 is 15.7 Å². The van der Waals surface area contributed by atoms with Crippen molar-refractivity contribution in [2.24, 2.45) is 0 Å². The second-order valence-electron chi connectivity index (χ2n) is 3.32. The molecule has 0 bridgehead atoms. The van der Waals surface area contributed by atoms with Crippen molar-refractivity contribution in [3.8, 4) is 0 Å². The van der Waals surface area contributed by atoms with Crippen LogP contribution in [-0.4, -0.2) is 23.7 Å². The van der Waals surface area contributed by atoms with Gasteiger partial charge in [0.15, 0.2) is 0 Å². The number of urea groups is 1. The molecule has 0 atom stereocenters. The highest BCUT2D eigenvalue weighted by molar-refractivity contribution is 6.29. The van der Waals surface area contributed by atoms with Gasteiger partial charge in [0.05, 0.1) is 17.8 Å². The molecule has 1 rings (SSSR count). The highest BCUT2D eigenvalue weighted by atomic mass is 35.5. The fraction of sp³-hybridized carbons (Fsp3) is 0.0909. The molecule has 5 nitrogen and oxygen atoms in total. The topological polar surface area (TPSA) is 78.4 Å². The number of carboxylic acids is 1. The van der Waals surface area contributed by atoms with E-state index in [9.17, 15) is 14.0 Å². The molecule has 96 valence electrons. The van der Waals surface area contributed by atoms with Gasteiger partial charge in [-0.3, -0.25) is 0 Å². The lowest BCUT2D eigenvalue weighted by molar-refractivity contribution is 0.0698. The first-order valence-electron chi connectivity index (χ1n) is 4.81. The molecule has 0 aliphatic carbocycles. The maximum Gasteiger partial charge on any atom is 0.337 e. The number of rotatable bonds is 4. The zero-order valence-corrected chi connectivity index (χ0v) is 9.92. The molecule has 3 N–H and O–H groups in total. The zero-order valence-electron chi connectivity index (χ0n) is 9.17. The summed E-state index contributed by atoms with van der Waals surface area (Å²) in [7, 11) is 0. The third kappa shape index (κ3) is 4.06. The molecule has 7 heteroatoms. The summed E-state index contributed by atoms with van der Waals surface area (Å²) in [5.74, 6) is -1.93. The Kier molecular flexibility index (Phi) is 4.67. The molecule has 0 saturated heterocycles. The van der Waals surface area contributed by atoms with Crippen molar-refractivity contribution in [2.75, 3.05) is 11.9 Å². The Hall–Kier alpha value is -2.08. The number of halogens is 2. The van der Waals surface area contributed by atoms with Crippen molar-refractivity contribution >= 4 is 29.3 Å². The van der Waals surface area contributed by atoms with Gasteiger partial charge in [0, 0.05) is 5.03 Å². The molecule has 1 aromatic rings. The molecule has 0 unspecified atom stereocenters. The van der Waals surface area contributed by atoms with E-state index in [0.29, 0.717) is 0 Å². The van der Waals surface area contributed by atoms with E-state index in [4.69, 9.17) is 16.7 Å². The van der Waals surface area contributed by atoms with Gasteiger partial charge in [-0.1, -0.05) is 18.2 Å². The first-order chi connectivity index (χ1) is 8.40. The van der Waals surface area contributed by atoms with Crippen LogP contribution in [0.5, 0.6) is 0 Å². The van der Waals surface area contributed by atoms with Gasteiger partial charge in [0.25, 0.3) is 0 Å². The Bertz CT molecular complexity index is 505. The Morgan fingerprint density at radius 1 is 1.44 bits per heavy atom. The summed E-state index contributed by atoms with van der Waals surface area (Å²) in [4.78, 5) is 22.2. The zero-order chi connectivity index (χ0) is 13.7. The van der Waals surface area contributed by atoms with Crippen molar-refractivity contribution < 1.29 is 19.1 Å². The largest absolute Gasteiger partial charge is 0.478 e. The minimum absolute atomic E-state index is 0.0190. The minimum Gasteiger partial charge on any atom is -0.478 e. The number of carbonyl (C=O) groups excluding carboxylic acids is 1. The van der Waals surface area contributed by atoms with Crippen LogP contribution in [0.3, 0.4) is 0 Å². The highest BCUT2D eigenvalue weighted by Crippen LogP contribution is 2.17. The quantitative estimate of drug-likeness (QED) is 0.787. The molecule has 0 radical (unpaired) electrons. The van der Waals surface area contributed by atoms with Crippen LogP contribution < -0.4 is 10.6 Å². The summed E-state index contributed by atoms with van der Waals surface area (Å²) in [5.41, 5.74) is -0.351. The predicted octanol–water partition coefficient (Wildman–Crippen LogP) is 2.40. The van der Waals surface area contributed by atoms with E-state index < -0.39 is 17.8 Å². The van der Waals surface area contributed by atoms with E-state index in [2.05, 4.69) is 17.2 Å². The van der Waals surface area contributed by atoms with Gasteiger partial charge in [-0.15, -0.1) is 0 Å². The van der Waals surface area contributed by atoms with E-state index in [1.807, 2.05) is 0 Å². The van der Waals surface area contributed by atoms with Crippen molar-refractivity contribution in [3.63, 3.8) is 0 Å². The van der Waals surface area contributed by atoms with E-state index in [1.165, 1.54) is 0 Å². The summed E-state index contributed by atoms with van der Waals surface area (Å²) >= 11 is 5.44. The number of aromatic carboxylic acids is 1. The van der Waals surface area contributed by atoms with E-state index in [1.54, 1.807) is 0 Å². The molecular weight excluding hydrogens is 263 g/mol. The van der Waals surface area contributed by atoms with Crippen LogP contribution in [0.4, 0.5) is 14.9 Å². The van der Waals surface area contributed by atoms with Gasteiger partial charge >= 0.3 is 12.0 Å². The van der Waals surface area contributed by atoms with Gasteiger partial charge in [0.1, 0.15) is 5.82 Å². The summed E-state index contributed by atoms with van der Waals surface area (Å²) < 4.78 is 13.0. The smallest absolute Gasteiger partial charge is 0.337 e. The number of carboxylic acid groups (broad SMARTS) is 1. The Labute approximate surface area is 107 Å². The maximum absolute atomic E-state index is 13.0. The Morgan fingerprint density at radius 2 is 2.11 bits per heavy atom. The third-order valence-corrected chi connectivity index (χ3v) is 2.03. The molecule has 0 aliphatic rings. The number of hydrogen-bond donors (Lipinski definition) is 3. The lowest BCUT2D eigenvalue weighted by Gasteiger charge is -2.09. The minimum atomic E-state index is -1.27. The summed E-state index contributed by atoms with van der Waals surface area (Å²) in [6, 6.07) is 2.27. The standard InChI is InChI=1S/C11H10ClFN2O3/c1-6(12)5-14-11(18)15-9-4-7(13)2-3-8(9)10(16)17/h2-4H,1,5H2,(H,16,17)(H2,14,15,18). The van der Waals surface area contributed by atoms with Crippen molar-refractivity contribution in [3.05, 3.63) is 41.2 Å². The Morgan fingerprint density at radius 3 is 2.67 bits per heavy atom. The van der Waals surface area contributed by atoms with Crippen LogP contribution in [0.1, 0.15) is 10.4 Å². The van der Waals surface area contributed by atoms with Crippen LogP contribution in [0, 0.1) is 5.82 Å². The number of amides is 2. The number of nitrogens with one attached hydrogen (secondary N) is 2. The maximum atomic E-state index is 13.0. The molecule has 0 fully saturated rings. The van der Waals surface area contributed by atoms with Crippen LogP contribution in [-0.2, 0) is 0 Å². The molecule has 0 spiro atoms. The second kappa shape index (κ2) is 6.02. The van der Waals surface area contributed by atoms with Crippen molar-refractivity contribution in [1.29, 1.82) is 0 Å². The second-order valence-corrected chi connectivity index (χ2v) is 3.85. The number of carbonyl (C=O) groups is 2. The van der Waals surface area contributed by atoms with Crippen LogP contribution in [0.25, 0.3) is 0 Å². The lowest BCUT2D eigenvalue weighted by atomic mass is 10.2. The van der Waals surface area contributed by atoms with Gasteiger partial charge in [-0.2, -0.15) is 0 Å². The number of benzene rings is 1. The lowest BCUT2D eigenvalue weighted by Crippen LogP contribution is -2.30. The summed E-state index contributed by atoms with van der Waals surface area (Å²) in [6.45, 7) is 3.38. The summed E-state index contributed by atoms with van der Waals surface area (Å²) in [6.07, 6.45) is 0.